The molecule has 1 aromatic heterocycles. The molecule has 2 aliphatic rings. The molecule has 5 aromatic carbocycles. The van der Waals surface area contributed by atoms with Gasteiger partial charge in [-0.25, -0.2) is 4.98 Å². The molecular formula is C38H29BN2OS. The van der Waals surface area contributed by atoms with Gasteiger partial charge in [0.2, 0.25) is 0 Å². The van der Waals surface area contributed by atoms with Gasteiger partial charge in [0.25, 0.3) is 6.71 Å². The summed E-state index contributed by atoms with van der Waals surface area (Å²) in [5.41, 5.74) is 9.61. The molecule has 2 aliphatic heterocycles. The third-order valence-electron chi connectivity index (χ3n) is 8.74. The Morgan fingerprint density at radius 2 is 1.26 bits per heavy atom. The van der Waals surface area contributed by atoms with E-state index in [9.17, 15) is 0 Å². The lowest BCUT2D eigenvalue weighted by Gasteiger charge is -2.42. The maximum absolute atomic E-state index is 6.69. The Hall–Kier alpha value is -4.74. The molecule has 0 spiro atoms. The number of anilines is 3. The molecule has 0 unspecified atom stereocenters. The molecule has 43 heavy (non-hydrogen) atoms. The highest BCUT2D eigenvalue weighted by molar-refractivity contribution is 7.99. The molecule has 206 valence electrons. The van der Waals surface area contributed by atoms with Crippen molar-refractivity contribution in [1.82, 2.24) is 4.98 Å². The molecule has 5 heteroatoms. The number of rotatable bonds is 4. The molecule has 0 saturated carbocycles. The van der Waals surface area contributed by atoms with Gasteiger partial charge in [0, 0.05) is 28.3 Å². The second-order valence-corrected chi connectivity index (χ2v) is 12.7. The fourth-order valence-corrected chi connectivity index (χ4v) is 7.64. The maximum atomic E-state index is 6.69. The minimum atomic E-state index is -0.104. The van der Waals surface area contributed by atoms with E-state index in [-0.39, 0.29) is 12.1 Å². The monoisotopic (exact) mass is 572 g/mol. The molecule has 6 aromatic rings. The highest BCUT2D eigenvalue weighted by Gasteiger charge is 2.38. The van der Waals surface area contributed by atoms with Crippen molar-refractivity contribution in [2.75, 3.05) is 4.90 Å². The first-order chi connectivity index (χ1) is 21.1. The van der Waals surface area contributed by atoms with E-state index in [1.807, 2.05) is 18.3 Å². The van der Waals surface area contributed by atoms with Crippen LogP contribution in [0.3, 0.4) is 0 Å². The summed E-state index contributed by atoms with van der Waals surface area (Å²) in [7, 11) is 0. The van der Waals surface area contributed by atoms with Crippen molar-refractivity contribution >= 4 is 51.9 Å². The standard InChI is InChI=1S/C38H29BN2OS/c1-38(2)27-13-3-7-17-32(27)41(33-18-8-4-14-28(33)38)26-22-23-30-35(25-26)42-34-19-9-5-15-29(34)39(30)31-16-6-10-20-36(31)43-37-21-11-12-24-40-37/h3-25H,1-2H3. The molecule has 0 saturated heterocycles. The zero-order valence-electron chi connectivity index (χ0n) is 24.1. The maximum Gasteiger partial charge on any atom is 0.252 e. The van der Waals surface area contributed by atoms with Gasteiger partial charge >= 0.3 is 0 Å². The average Bonchev–Trinajstić information content (AvgIpc) is 3.05. The fourth-order valence-electron chi connectivity index (χ4n) is 6.70. The molecule has 3 heterocycles. The van der Waals surface area contributed by atoms with Gasteiger partial charge in [-0.05, 0) is 64.5 Å². The van der Waals surface area contributed by atoms with Gasteiger partial charge in [-0.2, -0.15) is 0 Å². The first-order valence-electron chi connectivity index (χ1n) is 14.7. The van der Waals surface area contributed by atoms with Gasteiger partial charge in [-0.15, -0.1) is 0 Å². The number of fused-ring (bicyclic) bond motifs is 4. The van der Waals surface area contributed by atoms with Crippen molar-refractivity contribution in [3.8, 4) is 11.5 Å². The summed E-state index contributed by atoms with van der Waals surface area (Å²) in [5, 5.41) is 0.983. The van der Waals surface area contributed by atoms with Crippen LogP contribution >= 0.6 is 11.8 Å². The van der Waals surface area contributed by atoms with Crippen molar-refractivity contribution in [2.45, 2.75) is 29.2 Å². The fraction of sp³-hybridized carbons (Fsp3) is 0.0789. The van der Waals surface area contributed by atoms with Crippen LogP contribution < -0.4 is 26.0 Å². The molecule has 3 nitrogen and oxygen atoms in total. The quantitative estimate of drug-likeness (QED) is 0.200. The predicted molar refractivity (Wildman–Crippen MR) is 179 cm³/mol. The van der Waals surface area contributed by atoms with Crippen LogP contribution in [0.5, 0.6) is 11.5 Å². The number of nitrogens with zero attached hydrogens (tertiary/aromatic N) is 2. The summed E-state index contributed by atoms with van der Waals surface area (Å²) in [6.07, 6.45) is 1.85. The van der Waals surface area contributed by atoms with Crippen LogP contribution in [0.25, 0.3) is 0 Å². The highest BCUT2D eigenvalue weighted by atomic mass is 32.2. The summed E-state index contributed by atoms with van der Waals surface area (Å²) in [4.78, 5) is 8.17. The Morgan fingerprint density at radius 1 is 0.628 bits per heavy atom. The van der Waals surface area contributed by atoms with Gasteiger partial charge in [0.15, 0.2) is 0 Å². The van der Waals surface area contributed by atoms with Crippen molar-refractivity contribution < 1.29 is 4.74 Å². The molecule has 8 rings (SSSR count). The van der Waals surface area contributed by atoms with Crippen LogP contribution in [-0.2, 0) is 5.41 Å². The lowest BCUT2D eigenvalue weighted by Crippen LogP contribution is -2.55. The number of ether oxygens (including phenoxy) is 1. The van der Waals surface area contributed by atoms with E-state index in [0.717, 1.165) is 27.7 Å². The number of hydrogen-bond acceptors (Lipinski definition) is 4. The molecule has 0 radical (unpaired) electrons. The van der Waals surface area contributed by atoms with Crippen molar-refractivity contribution in [3.05, 3.63) is 151 Å². The highest BCUT2D eigenvalue weighted by Crippen LogP contribution is 2.52. The molecule has 0 N–H and O–H groups in total. The molecule has 0 amide bonds. The average molecular weight is 573 g/mol. The lowest BCUT2D eigenvalue weighted by atomic mass is 9.36. The summed E-state index contributed by atoms with van der Waals surface area (Å²) >= 11 is 1.71. The molecule has 0 bridgehead atoms. The number of para-hydroxylation sites is 3. The van der Waals surface area contributed by atoms with Crippen molar-refractivity contribution in [3.63, 3.8) is 0 Å². The van der Waals surface area contributed by atoms with Crippen LogP contribution in [0.15, 0.2) is 150 Å². The Balaban J connectivity index is 1.29. The van der Waals surface area contributed by atoms with Crippen LogP contribution in [0.4, 0.5) is 17.1 Å². The third-order valence-corrected chi connectivity index (χ3v) is 9.78. The van der Waals surface area contributed by atoms with Crippen LogP contribution in [0, 0.1) is 0 Å². The molecule has 0 aliphatic carbocycles. The summed E-state index contributed by atoms with van der Waals surface area (Å²) < 4.78 is 6.69. The molecule has 0 atom stereocenters. The second-order valence-electron chi connectivity index (χ2n) is 11.6. The minimum absolute atomic E-state index is 0.0290. The van der Waals surface area contributed by atoms with Gasteiger partial charge in [-0.3, -0.25) is 0 Å². The molecular weight excluding hydrogens is 543 g/mol. The lowest BCUT2D eigenvalue weighted by molar-refractivity contribution is 0.487. The van der Waals surface area contributed by atoms with E-state index in [2.05, 4.69) is 145 Å². The van der Waals surface area contributed by atoms with Crippen LogP contribution in [0.2, 0.25) is 0 Å². The van der Waals surface area contributed by atoms with Crippen molar-refractivity contribution in [1.29, 1.82) is 0 Å². The Labute approximate surface area is 257 Å². The summed E-state index contributed by atoms with van der Waals surface area (Å²) in [5.74, 6) is 1.79. The second kappa shape index (κ2) is 10.2. The zero-order chi connectivity index (χ0) is 29.0. The number of aromatic nitrogens is 1. The number of hydrogen-bond donors (Lipinski definition) is 0. The van der Waals surface area contributed by atoms with Gasteiger partial charge < -0.3 is 9.64 Å². The zero-order valence-corrected chi connectivity index (χ0v) is 24.9. The smallest absolute Gasteiger partial charge is 0.252 e. The van der Waals surface area contributed by atoms with Crippen molar-refractivity contribution in [2.24, 2.45) is 0 Å². The predicted octanol–water partition coefficient (Wildman–Crippen LogP) is 7.96. The van der Waals surface area contributed by atoms with E-state index in [1.165, 1.54) is 38.3 Å². The Bertz CT molecular complexity index is 1940. The van der Waals surface area contributed by atoms with E-state index in [0.29, 0.717) is 0 Å². The summed E-state index contributed by atoms with van der Waals surface area (Å²) in [6, 6.07) is 47.5. The Kier molecular flexibility index (Phi) is 6.16. The number of pyridine rings is 1. The van der Waals surface area contributed by atoms with E-state index < -0.39 is 0 Å². The first-order valence-corrected chi connectivity index (χ1v) is 15.5. The van der Waals surface area contributed by atoms with E-state index in [1.54, 1.807) is 11.8 Å². The van der Waals surface area contributed by atoms with Crippen LogP contribution in [-0.4, -0.2) is 11.7 Å². The molecule has 0 fully saturated rings. The normalized spacial score (nSPS) is 14.2. The topological polar surface area (TPSA) is 25.4 Å². The minimum Gasteiger partial charge on any atom is -0.458 e. The van der Waals surface area contributed by atoms with E-state index in [4.69, 9.17) is 4.74 Å². The van der Waals surface area contributed by atoms with E-state index >= 15 is 0 Å². The van der Waals surface area contributed by atoms with Gasteiger partial charge in [0.05, 0.1) is 11.4 Å². The van der Waals surface area contributed by atoms with Crippen LogP contribution in [0.1, 0.15) is 25.0 Å². The SMILES string of the molecule is CC1(C)c2ccccc2N(c2ccc3c(c2)Oc2ccccc2B3c2ccccc2Sc2ccccn2)c2ccccc21. The Morgan fingerprint density at radius 3 is 2.00 bits per heavy atom. The van der Waals surface area contributed by atoms with Gasteiger partial charge in [-0.1, -0.05) is 116 Å². The summed E-state index contributed by atoms with van der Waals surface area (Å²) in [6.45, 7) is 4.67. The number of benzene rings is 5. The third kappa shape index (κ3) is 4.26. The first kappa shape index (κ1) is 25.9. The largest absolute Gasteiger partial charge is 0.458 e. The van der Waals surface area contributed by atoms with Gasteiger partial charge in [0.1, 0.15) is 16.5 Å².